The first-order chi connectivity index (χ1) is 7.22. The number of halogens is 2. The summed E-state index contributed by atoms with van der Waals surface area (Å²) in [7, 11) is 0. The van der Waals surface area contributed by atoms with Crippen molar-refractivity contribution in [2.75, 3.05) is 18.0 Å². The van der Waals surface area contributed by atoms with Crippen LogP contribution >= 0.6 is 27.5 Å². The van der Waals surface area contributed by atoms with Crippen molar-refractivity contribution >= 4 is 33.2 Å². The van der Waals surface area contributed by atoms with Gasteiger partial charge < -0.3 is 4.90 Å². The van der Waals surface area contributed by atoms with Gasteiger partial charge in [0.25, 0.3) is 0 Å². The molecule has 3 heteroatoms. The van der Waals surface area contributed by atoms with E-state index in [1.165, 1.54) is 5.56 Å². The van der Waals surface area contributed by atoms with Crippen LogP contribution in [0.2, 0.25) is 5.02 Å². The summed E-state index contributed by atoms with van der Waals surface area (Å²) in [5, 5.41) is 1.70. The van der Waals surface area contributed by atoms with Gasteiger partial charge in [-0.2, -0.15) is 0 Å². The van der Waals surface area contributed by atoms with Gasteiger partial charge in [0.1, 0.15) is 0 Å². The highest BCUT2D eigenvalue weighted by Crippen LogP contribution is 2.27. The number of alkyl halides is 1. The van der Waals surface area contributed by atoms with Crippen LogP contribution in [0.1, 0.15) is 25.8 Å². The average molecular weight is 291 g/mol. The van der Waals surface area contributed by atoms with Crippen molar-refractivity contribution in [3.63, 3.8) is 0 Å². The maximum atomic E-state index is 6.25. The van der Waals surface area contributed by atoms with E-state index in [9.17, 15) is 0 Å². The molecule has 1 nitrogen and oxygen atoms in total. The van der Waals surface area contributed by atoms with E-state index in [4.69, 9.17) is 11.6 Å². The van der Waals surface area contributed by atoms with E-state index in [2.05, 4.69) is 46.8 Å². The molecule has 0 heterocycles. The second kappa shape index (κ2) is 6.39. The van der Waals surface area contributed by atoms with Crippen LogP contribution in [0.25, 0.3) is 0 Å². The second-order valence-electron chi connectivity index (χ2n) is 3.50. The average Bonchev–Trinajstić information content (AvgIpc) is 2.26. The normalized spacial score (nSPS) is 10.4. The SMILES string of the molecule is CCCN(CC)c1ccc(CBr)cc1Cl. The fourth-order valence-electron chi connectivity index (χ4n) is 1.61. The minimum Gasteiger partial charge on any atom is -0.371 e. The molecule has 15 heavy (non-hydrogen) atoms. The van der Waals surface area contributed by atoms with Crippen LogP contribution in [0.3, 0.4) is 0 Å². The van der Waals surface area contributed by atoms with Gasteiger partial charge in [0.15, 0.2) is 0 Å². The number of rotatable bonds is 5. The molecule has 1 rings (SSSR count). The molecule has 0 saturated carbocycles. The smallest absolute Gasteiger partial charge is 0.0642 e. The number of benzene rings is 1. The Kier molecular flexibility index (Phi) is 5.48. The zero-order valence-electron chi connectivity index (χ0n) is 9.26. The Morgan fingerprint density at radius 3 is 2.53 bits per heavy atom. The monoisotopic (exact) mass is 289 g/mol. The summed E-state index contributed by atoms with van der Waals surface area (Å²) in [5.41, 5.74) is 2.36. The first-order valence-electron chi connectivity index (χ1n) is 5.32. The van der Waals surface area contributed by atoms with Crippen molar-refractivity contribution in [1.29, 1.82) is 0 Å². The van der Waals surface area contributed by atoms with Crippen molar-refractivity contribution in [1.82, 2.24) is 0 Å². The van der Waals surface area contributed by atoms with E-state index in [1.54, 1.807) is 0 Å². The third-order valence-electron chi connectivity index (χ3n) is 2.38. The number of nitrogens with zero attached hydrogens (tertiary/aromatic N) is 1. The molecule has 84 valence electrons. The Hall–Kier alpha value is -0.210. The van der Waals surface area contributed by atoms with E-state index in [1.807, 2.05) is 6.07 Å². The van der Waals surface area contributed by atoms with Crippen molar-refractivity contribution in [2.24, 2.45) is 0 Å². The van der Waals surface area contributed by atoms with E-state index in [0.717, 1.165) is 35.6 Å². The van der Waals surface area contributed by atoms with Crippen LogP contribution in [0, 0.1) is 0 Å². The summed E-state index contributed by atoms with van der Waals surface area (Å²) in [6.45, 7) is 6.40. The number of anilines is 1. The lowest BCUT2D eigenvalue weighted by Crippen LogP contribution is -2.23. The molecule has 0 spiro atoms. The molecule has 1 aromatic carbocycles. The van der Waals surface area contributed by atoms with Crippen LogP contribution in [0.5, 0.6) is 0 Å². The Morgan fingerprint density at radius 1 is 1.33 bits per heavy atom. The van der Waals surface area contributed by atoms with Crippen molar-refractivity contribution in [2.45, 2.75) is 25.6 Å². The highest BCUT2D eigenvalue weighted by molar-refractivity contribution is 9.08. The van der Waals surface area contributed by atoms with Crippen molar-refractivity contribution in [3.8, 4) is 0 Å². The van der Waals surface area contributed by atoms with Gasteiger partial charge in [-0.3, -0.25) is 0 Å². The van der Waals surface area contributed by atoms with Gasteiger partial charge in [0, 0.05) is 18.4 Å². The Labute approximate surface area is 106 Å². The molecule has 0 bridgehead atoms. The number of hydrogen-bond donors (Lipinski definition) is 0. The van der Waals surface area contributed by atoms with Gasteiger partial charge in [-0.05, 0) is 31.0 Å². The highest BCUT2D eigenvalue weighted by atomic mass is 79.9. The molecule has 0 atom stereocenters. The van der Waals surface area contributed by atoms with Gasteiger partial charge in [0.2, 0.25) is 0 Å². The summed E-state index contributed by atoms with van der Waals surface area (Å²) >= 11 is 9.68. The Bertz CT molecular complexity index is 314. The van der Waals surface area contributed by atoms with Crippen LogP contribution < -0.4 is 4.90 Å². The van der Waals surface area contributed by atoms with E-state index >= 15 is 0 Å². The summed E-state index contributed by atoms with van der Waals surface area (Å²) in [4.78, 5) is 2.31. The van der Waals surface area contributed by atoms with Gasteiger partial charge in [0.05, 0.1) is 10.7 Å². The third kappa shape index (κ3) is 3.39. The molecule has 0 amide bonds. The molecule has 0 aliphatic rings. The molecule has 0 aromatic heterocycles. The van der Waals surface area contributed by atoms with Gasteiger partial charge in [-0.25, -0.2) is 0 Å². The van der Waals surface area contributed by atoms with Crippen LogP contribution in [0.15, 0.2) is 18.2 Å². The molecule has 0 aliphatic heterocycles. The summed E-state index contributed by atoms with van der Waals surface area (Å²) in [6.07, 6.45) is 1.14. The van der Waals surface area contributed by atoms with Crippen molar-refractivity contribution in [3.05, 3.63) is 28.8 Å². The molecule has 0 saturated heterocycles. The zero-order chi connectivity index (χ0) is 11.3. The molecule has 0 unspecified atom stereocenters. The van der Waals surface area contributed by atoms with E-state index < -0.39 is 0 Å². The fraction of sp³-hybridized carbons (Fsp3) is 0.500. The lowest BCUT2D eigenvalue weighted by atomic mass is 10.2. The molecular weight excluding hydrogens is 273 g/mol. The second-order valence-corrected chi connectivity index (χ2v) is 4.47. The third-order valence-corrected chi connectivity index (χ3v) is 3.33. The predicted octanol–water partition coefficient (Wildman–Crippen LogP) is 4.47. The van der Waals surface area contributed by atoms with Gasteiger partial charge >= 0.3 is 0 Å². The fourth-order valence-corrected chi connectivity index (χ4v) is 2.28. The lowest BCUT2D eigenvalue weighted by Gasteiger charge is -2.23. The predicted molar refractivity (Wildman–Crippen MR) is 72.3 cm³/mol. The Balaban J connectivity index is 2.92. The van der Waals surface area contributed by atoms with Gasteiger partial charge in [-0.15, -0.1) is 0 Å². The molecule has 0 fully saturated rings. The summed E-state index contributed by atoms with van der Waals surface area (Å²) < 4.78 is 0. The lowest BCUT2D eigenvalue weighted by molar-refractivity contribution is 0.792. The zero-order valence-corrected chi connectivity index (χ0v) is 11.6. The maximum Gasteiger partial charge on any atom is 0.0642 e. The minimum atomic E-state index is 0.849. The Morgan fingerprint density at radius 2 is 2.07 bits per heavy atom. The minimum absolute atomic E-state index is 0.849. The highest BCUT2D eigenvalue weighted by Gasteiger charge is 2.07. The number of hydrogen-bond acceptors (Lipinski definition) is 1. The van der Waals surface area contributed by atoms with Crippen molar-refractivity contribution < 1.29 is 0 Å². The largest absolute Gasteiger partial charge is 0.371 e. The topological polar surface area (TPSA) is 3.24 Å². The molecular formula is C12H17BrClN. The van der Waals surface area contributed by atoms with E-state index in [0.29, 0.717) is 0 Å². The summed E-state index contributed by atoms with van der Waals surface area (Å²) in [6, 6.07) is 6.26. The van der Waals surface area contributed by atoms with Crippen LogP contribution in [-0.2, 0) is 5.33 Å². The first kappa shape index (κ1) is 12.9. The maximum absolute atomic E-state index is 6.25. The molecule has 0 aliphatic carbocycles. The van der Waals surface area contributed by atoms with E-state index in [-0.39, 0.29) is 0 Å². The molecule has 0 radical (unpaired) electrons. The summed E-state index contributed by atoms with van der Waals surface area (Å²) in [5.74, 6) is 0. The van der Waals surface area contributed by atoms with Crippen LogP contribution in [-0.4, -0.2) is 13.1 Å². The standard InChI is InChI=1S/C12H17BrClN/c1-3-7-15(4-2)12-6-5-10(9-13)8-11(12)14/h5-6,8H,3-4,7,9H2,1-2H3. The molecule has 0 N–H and O–H groups in total. The van der Waals surface area contributed by atoms with Gasteiger partial charge in [-0.1, -0.05) is 40.5 Å². The quantitative estimate of drug-likeness (QED) is 0.723. The van der Waals surface area contributed by atoms with Crippen LogP contribution in [0.4, 0.5) is 5.69 Å². The first-order valence-corrected chi connectivity index (χ1v) is 6.82. The molecule has 1 aromatic rings.